The van der Waals surface area contributed by atoms with E-state index in [1.807, 2.05) is 19.1 Å². The van der Waals surface area contributed by atoms with Crippen LogP contribution in [0.25, 0.3) is 21.9 Å². The molecule has 3 aromatic heterocycles. The number of hydrogen-bond acceptors (Lipinski definition) is 5. The largest absolute Gasteiger partial charge is 0.493 e. The molecular weight excluding hydrogens is 383 g/mol. The van der Waals surface area contributed by atoms with Crippen LogP contribution in [0.15, 0.2) is 53.7 Å². The minimum atomic E-state index is -0.271. The molecule has 0 fully saturated rings. The number of anilines is 1. The second kappa shape index (κ2) is 7.26. The van der Waals surface area contributed by atoms with E-state index in [0.29, 0.717) is 24.4 Å². The van der Waals surface area contributed by atoms with E-state index in [9.17, 15) is 9.18 Å². The van der Waals surface area contributed by atoms with Gasteiger partial charge in [-0.05, 0) is 25.1 Å². The summed E-state index contributed by atoms with van der Waals surface area (Å²) in [5.41, 5.74) is 3.86. The van der Waals surface area contributed by atoms with Crippen molar-refractivity contribution >= 4 is 16.6 Å². The second-order valence-electron chi connectivity index (χ2n) is 7.24. The maximum Gasteiger partial charge on any atom is 0.248 e. The maximum absolute atomic E-state index is 14.5. The summed E-state index contributed by atoms with van der Waals surface area (Å²) in [6.45, 7) is 2.75. The molecule has 1 aromatic carbocycles. The minimum Gasteiger partial charge on any atom is -0.493 e. The Labute approximate surface area is 171 Å². The first-order valence-electron chi connectivity index (χ1n) is 9.72. The Morgan fingerprint density at radius 3 is 2.97 bits per heavy atom. The van der Waals surface area contributed by atoms with E-state index in [0.717, 1.165) is 38.9 Å². The fourth-order valence-electron chi connectivity index (χ4n) is 3.96. The molecular formula is C23H19FN4O2. The Morgan fingerprint density at radius 1 is 1.20 bits per heavy atom. The van der Waals surface area contributed by atoms with Crippen LogP contribution in [0.2, 0.25) is 0 Å². The van der Waals surface area contributed by atoms with Crippen LogP contribution in [0.4, 0.5) is 10.2 Å². The normalized spacial score (nSPS) is 12.6. The van der Waals surface area contributed by atoms with Gasteiger partial charge in [0.25, 0.3) is 0 Å². The number of pyridine rings is 3. The lowest BCUT2D eigenvalue weighted by atomic mass is 10.0. The molecule has 4 aromatic rings. The van der Waals surface area contributed by atoms with E-state index >= 15 is 0 Å². The van der Waals surface area contributed by atoms with Gasteiger partial charge < -0.3 is 15.0 Å². The molecule has 150 valence electrons. The highest BCUT2D eigenvalue weighted by Crippen LogP contribution is 2.33. The van der Waals surface area contributed by atoms with Gasteiger partial charge in [0.15, 0.2) is 0 Å². The average molecular weight is 402 g/mol. The molecule has 1 aliphatic rings. The first-order valence-corrected chi connectivity index (χ1v) is 9.72. The third-order valence-electron chi connectivity index (χ3n) is 5.46. The molecule has 6 nitrogen and oxygen atoms in total. The fourth-order valence-corrected chi connectivity index (χ4v) is 3.96. The molecule has 7 heteroatoms. The lowest BCUT2D eigenvalue weighted by Gasteiger charge is -2.14. The maximum atomic E-state index is 14.5. The minimum absolute atomic E-state index is 0.202. The van der Waals surface area contributed by atoms with Crippen molar-refractivity contribution in [3.63, 3.8) is 0 Å². The van der Waals surface area contributed by atoms with Gasteiger partial charge in [0.1, 0.15) is 17.4 Å². The number of hydrogen-bond donors (Lipinski definition) is 2. The van der Waals surface area contributed by atoms with Gasteiger partial charge in [-0.15, -0.1) is 0 Å². The standard InChI is InChI=1S/C23H19FN4O2/c1-13-14(3-2-7-25-13)17-10-27-23(19-12-26-22(29)9-16(17)19)28-11-18-15-6-8-30-21(15)5-4-20(18)24/h2-5,7,9-10,12H,6,8,11H2,1H3,(H,26,29)(H,27,28). The van der Waals surface area contributed by atoms with Gasteiger partial charge in [0, 0.05) is 76.3 Å². The van der Waals surface area contributed by atoms with Crippen molar-refractivity contribution in [2.75, 3.05) is 11.9 Å². The number of aromatic amines is 1. The van der Waals surface area contributed by atoms with Crippen molar-refractivity contribution in [3.05, 3.63) is 81.9 Å². The first kappa shape index (κ1) is 18.3. The summed E-state index contributed by atoms with van der Waals surface area (Å²) in [5.74, 6) is 1.03. The molecule has 0 saturated carbocycles. The van der Waals surface area contributed by atoms with Crippen LogP contribution in [-0.4, -0.2) is 21.6 Å². The van der Waals surface area contributed by atoms with Gasteiger partial charge >= 0.3 is 0 Å². The van der Waals surface area contributed by atoms with E-state index in [1.165, 1.54) is 6.07 Å². The summed E-state index contributed by atoms with van der Waals surface area (Å²) >= 11 is 0. The van der Waals surface area contributed by atoms with E-state index in [1.54, 1.807) is 30.7 Å². The molecule has 4 heterocycles. The molecule has 0 aliphatic carbocycles. The van der Waals surface area contributed by atoms with Crippen molar-refractivity contribution in [3.8, 4) is 16.9 Å². The molecule has 2 N–H and O–H groups in total. The topological polar surface area (TPSA) is 79.9 Å². The monoisotopic (exact) mass is 402 g/mol. The average Bonchev–Trinajstić information content (AvgIpc) is 3.22. The molecule has 0 unspecified atom stereocenters. The number of nitrogens with zero attached hydrogens (tertiary/aromatic N) is 2. The van der Waals surface area contributed by atoms with Crippen LogP contribution in [0, 0.1) is 12.7 Å². The van der Waals surface area contributed by atoms with Crippen LogP contribution in [0.5, 0.6) is 5.75 Å². The predicted octanol–water partition coefficient (Wildman–Crippen LogP) is 3.98. The van der Waals surface area contributed by atoms with E-state index in [-0.39, 0.29) is 17.9 Å². The molecule has 30 heavy (non-hydrogen) atoms. The summed E-state index contributed by atoms with van der Waals surface area (Å²) in [5, 5.41) is 4.75. The fraction of sp³-hybridized carbons (Fsp3) is 0.174. The number of rotatable bonds is 4. The highest BCUT2D eigenvalue weighted by Gasteiger charge is 2.20. The molecule has 0 radical (unpaired) electrons. The predicted molar refractivity (Wildman–Crippen MR) is 113 cm³/mol. The molecule has 0 saturated heterocycles. The first-order chi connectivity index (χ1) is 14.6. The van der Waals surface area contributed by atoms with Gasteiger partial charge in [-0.2, -0.15) is 0 Å². The Morgan fingerprint density at radius 2 is 2.10 bits per heavy atom. The Kier molecular flexibility index (Phi) is 4.43. The zero-order valence-corrected chi connectivity index (χ0v) is 16.3. The number of aryl methyl sites for hydroxylation is 1. The van der Waals surface area contributed by atoms with Gasteiger partial charge in [-0.25, -0.2) is 9.37 Å². The van der Waals surface area contributed by atoms with Crippen molar-refractivity contribution in [1.29, 1.82) is 0 Å². The van der Waals surface area contributed by atoms with E-state index < -0.39 is 0 Å². The van der Waals surface area contributed by atoms with Crippen molar-refractivity contribution < 1.29 is 9.13 Å². The Balaban J connectivity index is 1.57. The quantitative estimate of drug-likeness (QED) is 0.540. The highest BCUT2D eigenvalue weighted by atomic mass is 19.1. The number of nitrogens with one attached hydrogen (secondary N) is 2. The summed E-state index contributed by atoms with van der Waals surface area (Å²) in [6.07, 6.45) is 5.78. The van der Waals surface area contributed by atoms with Crippen LogP contribution in [0.1, 0.15) is 16.8 Å². The van der Waals surface area contributed by atoms with Gasteiger partial charge in [-0.3, -0.25) is 9.78 Å². The SMILES string of the molecule is Cc1ncccc1-c1cnc(NCc2c(F)ccc3c2CCO3)c2c[nH]c(=O)cc12. The smallest absolute Gasteiger partial charge is 0.248 e. The summed E-state index contributed by atoms with van der Waals surface area (Å²) < 4.78 is 20.0. The number of benzene rings is 1. The second-order valence-corrected chi connectivity index (χ2v) is 7.24. The molecule has 0 bridgehead atoms. The molecule has 0 atom stereocenters. The molecule has 0 amide bonds. The summed E-state index contributed by atoms with van der Waals surface area (Å²) in [7, 11) is 0. The van der Waals surface area contributed by atoms with Gasteiger partial charge in [0.05, 0.1) is 6.61 Å². The molecule has 5 rings (SSSR count). The van der Waals surface area contributed by atoms with E-state index in [4.69, 9.17) is 4.74 Å². The highest BCUT2D eigenvalue weighted by molar-refractivity contribution is 6.01. The zero-order chi connectivity index (χ0) is 20.7. The third kappa shape index (κ3) is 3.08. The Hall–Kier alpha value is -3.74. The molecule has 1 aliphatic heterocycles. The van der Waals surface area contributed by atoms with Crippen molar-refractivity contribution in [1.82, 2.24) is 15.0 Å². The lowest BCUT2D eigenvalue weighted by molar-refractivity contribution is 0.356. The number of halogens is 1. The lowest BCUT2D eigenvalue weighted by Crippen LogP contribution is -2.09. The van der Waals surface area contributed by atoms with Crippen LogP contribution >= 0.6 is 0 Å². The zero-order valence-electron chi connectivity index (χ0n) is 16.3. The van der Waals surface area contributed by atoms with E-state index in [2.05, 4.69) is 20.3 Å². The van der Waals surface area contributed by atoms with Crippen LogP contribution in [-0.2, 0) is 13.0 Å². The van der Waals surface area contributed by atoms with Crippen LogP contribution in [0.3, 0.4) is 0 Å². The number of aromatic nitrogens is 3. The van der Waals surface area contributed by atoms with Gasteiger partial charge in [-0.1, -0.05) is 6.07 Å². The number of H-pyrrole nitrogens is 1. The summed E-state index contributed by atoms with van der Waals surface area (Å²) in [6, 6.07) is 8.46. The summed E-state index contributed by atoms with van der Waals surface area (Å²) in [4.78, 5) is 23.7. The Bertz CT molecular complexity index is 1330. The van der Waals surface area contributed by atoms with Crippen molar-refractivity contribution in [2.24, 2.45) is 0 Å². The van der Waals surface area contributed by atoms with Crippen molar-refractivity contribution in [2.45, 2.75) is 19.9 Å². The molecule has 0 spiro atoms. The van der Waals surface area contributed by atoms with Gasteiger partial charge in [0.2, 0.25) is 5.56 Å². The number of ether oxygens (including phenoxy) is 1. The number of fused-ring (bicyclic) bond motifs is 2. The van der Waals surface area contributed by atoms with Crippen LogP contribution < -0.4 is 15.6 Å². The third-order valence-corrected chi connectivity index (χ3v) is 5.46.